The molecule has 0 unspecified atom stereocenters. The topological polar surface area (TPSA) is 20.3 Å². The van der Waals surface area contributed by atoms with E-state index in [1.54, 1.807) is 12.1 Å². The molecule has 0 radical (unpaired) electrons. The number of rotatable bonds is 5. The molecule has 0 bridgehead atoms. The number of nitrogens with zero attached hydrogens (tertiary/aromatic N) is 1. The standard InChI is InChI=1S/C13H16FNO/c1-15(9-13(16)11-4-5-11)8-10-2-6-12(14)7-3-10/h2-3,6-7,11H,4-5,8-9H2,1H3. The highest BCUT2D eigenvalue weighted by molar-refractivity contribution is 5.84. The van der Waals surface area contributed by atoms with E-state index in [1.807, 2.05) is 11.9 Å². The molecule has 1 saturated carbocycles. The molecule has 1 aromatic carbocycles. The van der Waals surface area contributed by atoms with Crippen molar-refractivity contribution < 1.29 is 9.18 Å². The van der Waals surface area contributed by atoms with Crippen molar-refractivity contribution in [1.82, 2.24) is 4.90 Å². The molecule has 1 fully saturated rings. The second-order valence-electron chi connectivity index (χ2n) is 4.54. The maximum Gasteiger partial charge on any atom is 0.149 e. The van der Waals surface area contributed by atoms with Gasteiger partial charge in [0.25, 0.3) is 0 Å². The normalized spacial score (nSPS) is 15.4. The highest BCUT2D eigenvalue weighted by Crippen LogP contribution is 2.29. The predicted octanol–water partition coefficient (Wildman–Crippen LogP) is 2.24. The van der Waals surface area contributed by atoms with Crippen LogP contribution in [0, 0.1) is 11.7 Å². The Bertz CT molecular complexity index is 370. The van der Waals surface area contributed by atoms with E-state index in [0.717, 1.165) is 18.4 Å². The fraction of sp³-hybridized carbons (Fsp3) is 0.462. The van der Waals surface area contributed by atoms with Crippen LogP contribution in [0.3, 0.4) is 0 Å². The van der Waals surface area contributed by atoms with Gasteiger partial charge in [-0.25, -0.2) is 4.39 Å². The summed E-state index contributed by atoms with van der Waals surface area (Å²) in [5.74, 6) is 0.431. The van der Waals surface area contributed by atoms with Gasteiger partial charge in [-0.1, -0.05) is 12.1 Å². The zero-order valence-corrected chi connectivity index (χ0v) is 9.45. The fourth-order valence-electron chi connectivity index (χ4n) is 1.76. The summed E-state index contributed by atoms with van der Waals surface area (Å²) in [6, 6.07) is 6.42. The third-order valence-electron chi connectivity index (χ3n) is 2.82. The number of ketones is 1. The van der Waals surface area contributed by atoms with Crippen LogP contribution in [-0.4, -0.2) is 24.3 Å². The van der Waals surface area contributed by atoms with Gasteiger partial charge in [0, 0.05) is 12.5 Å². The Kier molecular flexibility index (Phi) is 3.34. The summed E-state index contributed by atoms with van der Waals surface area (Å²) in [5.41, 5.74) is 1.03. The molecule has 1 aliphatic carbocycles. The molecule has 1 aromatic rings. The third-order valence-corrected chi connectivity index (χ3v) is 2.82. The van der Waals surface area contributed by atoms with E-state index in [1.165, 1.54) is 12.1 Å². The molecule has 16 heavy (non-hydrogen) atoms. The van der Waals surface area contributed by atoms with E-state index in [-0.39, 0.29) is 5.82 Å². The maximum atomic E-state index is 12.7. The molecule has 0 saturated heterocycles. The van der Waals surface area contributed by atoms with Gasteiger partial charge in [0.1, 0.15) is 11.6 Å². The van der Waals surface area contributed by atoms with Crippen LogP contribution in [0.4, 0.5) is 4.39 Å². The van der Waals surface area contributed by atoms with Crippen molar-refractivity contribution in [3.8, 4) is 0 Å². The van der Waals surface area contributed by atoms with Gasteiger partial charge >= 0.3 is 0 Å². The van der Waals surface area contributed by atoms with Crippen molar-refractivity contribution >= 4 is 5.78 Å². The lowest BCUT2D eigenvalue weighted by molar-refractivity contribution is -0.121. The monoisotopic (exact) mass is 221 g/mol. The predicted molar refractivity (Wildman–Crippen MR) is 60.5 cm³/mol. The molecule has 1 aliphatic rings. The van der Waals surface area contributed by atoms with Crippen LogP contribution < -0.4 is 0 Å². The van der Waals surface area contributed by atoms with Crippen molar-refractivity contribution in [2.45, 2.75) is 19.4 Å². The Labute approximate surface area is 95.1 Å². The molecular formula is C13H16FNO. The Hall–Kier alpha value is -1.22. The summed E-state index contributed by atoms with van der Waals surface area (Å²) in [7, 11) is 1.92. The van der Waals surface area contributed by atoms with E-state index in [0.29, 0.717) is 24.8 Å². The van der Waals surface area contributed by atoms with E-state index in [9.17, 15) is 9.18 Å². The van der Waals surface area contributed by atoms with Gasteiger partial charge in [-0.05, 0) is 37.6 Å². The summed E-state index contributed by atoms with van der Waals surface area (Å²) >= 11 is 0. The third kappa shape index (κ3) is 3.14. The van der Waals surface area contributed by atoms with Crippen molar-refractivity contribution in [3.63, 3.8) is 0 Å². The molecule has 0 amide bonds. The van der Waals surface area contributed by atoms with E-state index >= 15 is 0 Å². The molecule has 0 N–H and O–H groups in total. The zero-order chi connectivity index (χ0) is 11.5. The van der Waals surface area contributed by atoms with Crippen molar-refractivity contribution in [1.29, 1.82) is 0 Å². The number of hydrogen-bond donors (Lipinski definition) is 0. The highest BCUT2D eigenvalue weighted by atomic mass is 19.1. The molecular weight excluding hydrogens is 205 g/mol. The van der Waals surface area contributed by atoms with E-state index < -0.39 is 0 Å². The van der Waals surface area contributed by atoms with Crippen molar-refractivity contribution in [2.75, 3.05) is 13.6 Å². The molecule has 86 valence electrons. The number of likely N-dealkylation sites (N-methyl/N-ethyl adjacent to an activating group) is 1. The van der Waals surface area contributed by atoms with Gasteiger partial charge in [-0.15, -0.1) is 0 Å². The number of carbonyl (C=O) groups excluding carboxylic acids is 1. The van der Waals surface area contributed by atoms with E-state index in [2.05, 4.69) is 0 Å². The summed E-state index contributed by atoms with van der Waals surface area (Å²) < 4.78 is 12.7. The van der Waals surface area contributed by atoms with Crippen LogP contribution in [0.25, 0.3) is 0 Å². The Balaban J connectivity index is 1.83. The molecule has 0 heterocycles. The first kappa shape index (κ1) is 11.3. The second kappa shape index (κ2) is 4.74. The smallest absolute Gasteiger partial charge is 0.149 e. The molecule has 0 aliphatic heterocycles. The number of hydrogen-bond acceptors (Lipinski definition) is 2. The highest BCUT2D eigenvalue weighted by Gasteiger charge is 2.29. The number of benzene rings is 1. The minimum Gasteiger partial charge on any atom is -0.298 e. The quantitative estimate of drug-likeness (QED) is 0.760. The second-order valence-corrected chi connectivity index (χ2v) is 4.54. The van der Waals surface area contributed by atoms with Gasteiger partial charge < -0.3 is 0 Å². The van der Waals surface area contributed by atoms with E-state index in [4.69, 9.17) is 0 Å². The van der Waals surface area contributed by atoms with Gasteiger partial charge in [0.2, 0.25) is 0 Å². The molecule has 2 rings (SSSR count). The SMILES string of the molecule is CN(CC(=O)C1CC1)Cc1ccc(F)cc1. The van der Waals surface area contributed by atoms with Gasteiger partial charge in [-0.3, -0.25) is 9.69 Å². The number of halogens is 1. The summed E-state index contributed by atoms with van der Waals surface area (Å²) in [5, 5.41) is 0. The molecule has 3 heteroatoms. The van der Waals surface area contributed by atoms with Crippen LogP contribution in [0.15, 0.2) is 24.3 Å². The van der Waals surface area contributed by atoms with Gasteiger partial charge in [-0.2, -0.15) is 0 Å². The average molecular weight is 221 g/mol. The molecule has 2 nitrogen and oxygen atoms in total. The maximum absolute atomic E-state index is 12.7. The average Bonchev–Trinajstić information content (AvgIpc) is 3.04. The first-order valence-electron chi connectivity index (χ1n) is 5.61. The summed E-state index contributed by atoms with van der Waals surface area (Å²) in [6.45, 7) is 1.20. The lowest BCUT2D eigenvalue weighted by Gasteiger charge is -2.15. The van der Waals surface area contributed by atoms with Crippen LogP contribution in [-0.2, 0) is 11.3 Å². The van der Waals surface area contributed by atoms with Crippen LogP contribution in [0.1, 0.15) is 18.4 Å². The minimum atomic E-state index is -0.222. The van der Waals surface area contributed by atoms with Crippen LogP contribution >= 0.6 is 0 Å². The van der Waals surface area contributed by atoms with Crippen LogP contribution in [0.2, 0.25) is 0 Å². The molecule has 0 spiro atoms. The summed E-state index contributed by atoms with van der Waals surface area (Å²) in [6.07, 6.45) is 2.12. The van der Waals surface area contributed by atoms with Crippen LogP contribution in [0.5, 0.6) is 0 Å². The molecule has 0 aromatic heterocycles. The Morgan fingerprint density at radius 2 is 2.00 bits per heavy atom. The lowest BCUT2D eigenvalue weighted by Crippen LogP contribution is -2.26. The lowest BCUT2D eigenvalue weighted by atomic mass is 10.2. The minimum absolute atomic E-state index is 0.222. The van der Waals surface area contributed by atoms with Gasteiger partial charge in [0.05, 0.1) is 6.54 Å². The Morgan fingerprint density at radius 1 is 1.38 bits per heavy atom. The first-order valence-corrected chi connectivity index (χ1v) is 5.61. The molecule has 0 atom stereocenters. The first-order chi connectivity index (χ1) is 7.65. The summed E-state index contributed by atoms with van der Waals surface area (Å²) in [4.78, 5) is 13.5. The largest absolute Gasteiger partial charge is 0.298 e. The Morgan fingerprint density at radius 3 is 2.56 bits per heavy atom. The van der Waals surface area contributed by atoms with Crippen molar-refractivity contribution in [2.24, 2.45) is 5.92 Å². The number of Topliss-reactive ketones (excluding diaryl/α,β-unsaturated/α-hetero) is 1. The number of carbonyl (C=O) groups is 1. The van der Waals surface area contributed by atoms with Gasteiger partial charge in [0.15, 0.2) is 0 Å². The fourth-order valence-corrected chi connectivity index (χ4v) is 1.76. The van der Waals surface area contributed by atoms with Crippen molar-refractivity contribution in [3.05, 3.63) is 35.6 Å². The zero-order valence-electron chi connectivity index (χ0n) is 9.45.